The molecule has 0 amide bonds. The zero-order chi connectivity index (χ0) is 10.0. The summed E-state index contributed by atoms with van der Waals surface area (Å²) in [7, 11) is 0. The average Bonchev–Trinajstić information content (AvgIpc) is 2.08. The van der Waals surface area contributed by atoms with Crippen LogP contribution in [-0.2, 0) is 6.42 Å². The second-order valence-electron chi connectivity index (χ2n) is 2.78. The third kappa shape index (κ3) is 1.74. The zero-order valence-electron chi connectivity index (χ0n) is 7.50. The van der Waals surface area contributed by atoms with Crippen LogP contribution in [0.1, 0.15) is 18.3 Å². The average molecular weight is 183 g/mol. The number of nitrogens with zero attached hydrogens (tertiary/aromatic N) is 1. The van der Waals surface area contributed by atoms with E-state index in [4.69, 9.17) is 0 Å². The van der Waals surface area contributed by atoms with E-state index < -0.39 is 4.90 Å². The lowest BCUT2D eigenvalue weighted by Gasteiger charge is -2.07. The first-order chi connectivity index (χ1) is 6.06. The first-order valence-corrected chi connectivity index (χ1v) is 3.95. The third-order valence-corrected chi connectivity index (χ3v) is 1.78. The van der Waals surface area contributed by atoms with Gasteiger partial charge in [-0.05, 0) is 13.3 Å². The molecule has 0 fully saturated rings. The molecule has 0 aliphatic heterocycles. The number of H-pyrrole nitrogens is 1. The van der Waals surface area contributed by atoms with Crippen molar-refractivity contribution < 1.29 is 5.11 Å². The lowest BCUT2D eigenvalue weighted by Crippen LogP contribution is -2.20. The van der Waals surface area contributed by atoms with Gasteiger partial charge in [0.05, 0.1) is 5.69 Å². The van der Waals surface area contributed by atoms with Gasteiger partial charge in [-0.3, -0.25) is 0 Å². The smallest absolute Gasteiger partial charge is 0.268 e. The Kier molecular flexibility index (Phi) is 2.46. The molecule has 0 spiro atoms. The van der Waals surface area contributed by atoms with Gasteiger partial charge in [-0.1, -0.05) is 6.92 Å². The minimum atomic E-state index is -0.588. The van der Waals surface area contributed by atoms with E-state index in [1.165, 1.54) is 6.07 Å². The van der Waals surface area contributed by atoms with Gasteiger partial charge in [0.2, 0.25) is 5.75 Å². The highest BCUT2D eigenvalue weighted by Gasteiger charge is 2.06. The third-order valence-electron chi connectivity index (χ3n) is 1.78. The van der Waals surface area contributed by atoms with Crippen LogP contribution in [0.2, 0.25) is 0 Å². The van der Waals surface area contributed by atoms with E-state index in [0.29, 0.717) is 17.8 Å². The topological polar surface area (TPSA) is 85.2 Å². The van der Waals surface area contributed by atoms with Crippen LogP contribution in [0.5, 0.6) is 5.75 Å². The molecule has 1 aromatic rings. The number of aryl methyl sites for hydroxylation is 2. The normalized spacial score (nSPS) is 10.0. The Morgan fingerprint density at radius 3 is 2.62 bits per heavy atom. The molecule has 0 radical (unpaired) electrons. The van der Waals surface area contributed by atoms with E-state index in [2.05, 4.69) is 4.98 Å². The van der Waals surface area contributed by atoms with Gasteiger partial charge in [0.15, 0.2) is 0 Å². The van der Waals surface area contributed by atoms with Gasteiger partial charge in [-0.15, -0.1) is 0 Å². The number of aromatic amines is 1. The molecule has 2 N–H and O–H groups in total. The van der Waals surface area contributed by atoms with Crippen molar-refractivity contribution in [1.29, 1.82) is 0 Å². The van der Waals surface area contributed by atoms with Crippen LogP contribution < -0.4 is 10.3 Å². The SMILES string of the molecule is CCc1[nH]c(C)cc(=[N+]([O-])[O-])c1O. The molecule has 5 heteroatoms. The van der Waals surface area contributed by atoms with Crippen molar-refractivity contribution in [3.8, 4) is 5.75 Å². The van der Waals surface area contributed by atoms with Gasteiger partial charge in [0.1, 0.15) is 0 Å². The Morgan fingerprint density at radius 2 is 2.15 bits per heavy atom. The molecule has 0 aliphatic rings. The molecule has 5 nitrogen and oxygen atoms in total. The Labute approximate surface area is 75.1 Å². The summed E-state index contributed by atoms with van der Waals surface area (Å²) in [6.07, 6.45) is 0.536. The van der Waals surface area contributed by atoms with Gasteiger partial charge >= 0.3 is 0 Å². The summed E-state index contributed by atoms with van der Waals surface area (Å²) in [6.45, 7) is 3.53. The van der Waals surface area contributed by atoms with Gasteiger partial charge in [0.25, 0.3) is 5.36 Å². The molecule has 0 unspecified atom stereocenters. The molecular weight excluding hydrogens is 172 g/mol. The van der Waals surface area contributed by atoms with Crippen LogP contribution in [0.4, 0.5) is 0 Å². The van der Waals surface area contributed by atoms with Crippen LogP contribution in [0, 0.1) is 17.3 Å². The minimum Gasteiger partial charge on any atom is -0.612 e. The standard InChI is InChI=1S/C8H11N2O3/c1-3-6-8(11)7(10(12)13)4-5(2)9-6/h4,9H,3H2,1-2H3,(H-,11,12,13)/q-1. The summed E-state index contributed by atoms with van der Waals surface area (Å²) in [4.78, 5) is 2.28. The lowest BCUT2D eigenvalue weighted by molar-refractivity contribution is 0.453. The number of aromatic nitrogens is 1. The molecule has 13 heavy (non-hydrogen) atoms. The highest BCUT2D eigenvalue weighted by Crippen LogP contribution is 2.08. The molecule has 0 saturated carbocycles. The van der Waals surface area contributed by atoms with E-state index in [1.54, 1.807) is 6.92 Å². The summed E-state index contributed by atoms with van der Waals surface area (Å²) in [5, 5.41) is 30.1. The largest absolute Gasteiger partial charge is 0.612 e. The van der Waals surface area contributed by atoms with Crippen molar-refractivity contribution >= 4 is 0 Å². The van der Waals surface area contributed by atoms with E-state index in [0.717, 1.165) is 0 Å². The molecule has 0 aliphatic carbocycles. The zero-order valence-corrected chi connectivity index (χ0v) is 7.50. The second kappa shape index (κ2) is 3.38. The summed E-state index contributed by atoms with van der Waals surface area (Å²) in [5.41, 5.74) is 1.16. The van der Waals surface area contributed by atoms with E-state index in [9.17, 15) is 15.5 Å². The number of hydrogen-bond donors (Lipinski definition) is 2. The highest BCUT2D eigenvalue weighted by molar-refractivity contribution is 5.27. The van der Waals surface area contributed by atoms with Crippen molar-refractivity contribution in [2.24, 2.45) is 0 Å². The fourth-order valence-electron chi connectivity index (χ4n) is 1.16. The maximum Gasteiger partial charge on any atom is 0.268 e. The Balaban J connectivity index is 3.55. The van der Waals surface area contributed by atoms with Crippen LogP contribution >= 0.6 is 0 Å². The van der Waals surface area contributed by atoms with Crippen molar-refractivity contribution in [1.82, 2.24) is 9.89 Å². The number of pyridine rings is 1. The summed E-state index contributed by atoms with van der Waals surface area (Å²) >= 11 is 0. The Bertz CT molecular complexity index is 377. The minimum absolute atomic E-state index is 0.242. The van der Waals surface area contributed by atoms with E-state index in [-0.39, 0.29) is 11.1 Å². The molecule has 0 bridgehead atoms. The first kappa shape index (κ1) is 9.44. The van der Waals surface area contributed by atoms with Gasteiger partial charge in [0, 0.05) is 11.8 Å². The summed E-state index contributed by atoms with van der Waals surface area (Å²) in [6, 6.07) is 1.31. The molecule has 1 rings (SSSR count). The molecule has 1 aromatic heterocycles. The van der Waals surface area contributed by atoms with Gasteiger partial charge in [-0.2, -0.15) is 4.90 Å². The van der Waals surface area contributed by atoms with E-state index >= 15 is 0 Å². The van der Waals surface area contributed by atoms with Crippen molar-refractivity contribution in [3.05, 3.63) is 33.2 Å². The summed E-state index contributed by atoms with van der Waals surface area (Å²) < 4.78 is 0. The fourth-order valence-corrected chi connectivity index (χ4v) is 1.16. The predicted molar refractivity (Wildman–Crippen MR) is 48.6 cm³/mol. The Morgan fingerprint density at radius 1 is 1.54 bits per heavy atom. The maximum atomic E-state index is 10.5. The van der Waals surface area contributed by atoms with Gasteiger partial charge < -0.3 is 20.5 Å². The summed E-state index contributed by atoms with van der Waals surface area (Å²) in [5.74, 6) is -0.266. The molecule has 0 saturated heterocycles. The van der Waals surface area contributed by atoms with E-state index in [1.807, 2.05) is 6.92 Å². The number of hydrogen-bond acceptors (Lipinski definition) is 3. The van der Waals surface area contributed by atoms with Crippen LogP contribution in [0.25, 0.3) is 0 Å². The van der Waals surface area contributed by atoms with Crippen molar-refractivity contribution in [2.45, 2.75) is 20.3 Å². The van der Waals surface area contributed by atoms with Crippen molar-refractivity contribution in [3.63, 3.8) is 0 Å². The molecule has 0 atom stereocenters. The number of nitrogens with one attached hydrogen (secondary N) is 1. The maximum absolute atomic E-state index is 10.5. The van der Waals surface area contributed by atoms with Crippen LogP contribution in [0.15, 0.2) is 6.07 Å². The van der Waals surface area contributed by atoms with Gasteiger partial charge in [-0.25, -0.2) is 0 Å². The Hall–Kier alpha value is -1.65. The fraction of sp³-hybridized carbons (Fsp3) is 0.375. The molecule has 1 heterocycles. The number of aromatic hydroxyl groups is 1. The quantitative estimate of drug-likeness (QED) is 0.616. The monoisotopic (exact) mass is 183 g/mol. The second-order valence-corrected chi connectivity index (χ2v) is 2.78. The first-order valence-electron chi connectivity index (χ1n) is 3.95. The molecule has 72 valence electrons. The van der Waals surface area contributed by atoms with Crippen molar-refractivity contribution in [2.75, 3.05) is 0 Å². The van der Waals surface area contributed by atoms with Crippen LogP contribution in [0.3, 0.4) is 0 Å². The molecule has 0 aromatic carbocycles. The highest BCUT2D eigenvalue weighted by atomic mass is 16.8. The van der Waals surface area contributed by atoms with Crippen LogP contribution in [-0.4, -0.2) is 10.1 Å². The lowest BCUT2D eigenvalue weighted by atomic mass is 10.2. The number of rotatable bonds is 1. The molecular formula is C8H11N2O3-. The predicted octanol–water partition coefficient (Wildman–Crippen LogP) is 0.359.